The van der Waals surface area contributed by atoms with E-state index in [4.69, 9.17) is 14.5 Å². The normalized spacial score (nSPS) is 29.3. The highest BCUT2D eigenvalue weighted by atomic mass is 32.1. The Morgan fingerprint density at radius 1 is 1.00 bits per heavy atom. The number of carbonyl (C=O) groups excluding carboxylic acids is 2. The van der Waals surface area contributed by atoms with Crippen LogP contribution < -0.4 is 29.7 Å². The van der Waals surface area contributed by atoms with Crippen LogP contribution in [0.3, 0.4) is 0 Å². The van der Waals surface area contributed by atoms with Gasteiger partial charge in [0.1, 0.15) is 17.0 Å². The molecule has 10 nitrogen and oxygen atoms in total. The first-order chi connectivity index (χ1) is 21.0. The largest absolute Gasteiger partial charge is 0.586 e. The van der Waals surface area contributed by atoms with Crippen LogP contribution in [-0.2, 0) is 4.74 Å². The molecule has 1 aromatic heterocycles. The molecule has 3 aromatic rings. The van der Waals surface area contributed by atoms with Gasteiger partial charge in [0.2, 0.25) is 0 Å². The van der Waals surface area contributed by atoms with Crippen molar-refractivity contribution in [2.75, 3.05) is 30.5 Å². The molecule has 2 saturated heterocycles. The number of nitrogens with one attached hydrogen (secondary N) is 2. The van der Waals surface area contributed by atoms with Gasteiger partial charge in [0.15, 0.2) is 16.6 Å². The highest BCUT2D eigenvalue weighted by Crippen LogP contribution is 2.50. The standard InChI is InChI=1S/C30H29F3N4O6S/c1-40-20-3-2-18-24(44-27(35-18)37-15-10-16(37)14-41-13-15)23(20)26(39)34-19-12-22-21(42-30(32,33)43-22)11-17(19)25(38)36-29-7-4-28(31,5-8-29)6-9-29/h2-3,11-12,15-16H,4-10,13-14H2,1H3,(H,34,39)(H,36,38). The quantitative estimate of drug-likeness (QED) is 0.373. The fourth-order valence-corrected chi connectivity index (χ4v) is 8.46. The van der Waals surface area contributed by atoms with Gasteiger partial charge in [-0.3, -0.25) is 9.59 Å². The minimum Gasteiger partial charge on any atom is -0.496 e. The van der Waals surface area contributed by atoms with E-state index in [9.17, 15) is 22.8 Å². The lowest BCUT2D eigenvalue weighted by Crippen LogP contribution is -2.64. The zero-order chi connectivity index (χ0) is 30.4. The van der Waals surface area contributed by atoms with Crippen molar-refractivity contribution in [2.24, 2.45) is 0 Å². The van der Waals surface area contributed by atoms with Crippen LogP contribution in [-0.4, -0.2) is 66.7 Å². The first-order valence-corrected chi connectivity index (χ1v) is 15.5. The molecule has 3 aliphatic heterocycles. The van der Waals surface area contributed by atoms with Crippen LogP contribution in [0.25, 0.3) is 10.2 Å². The molecule has 2 atom stereocenters. The van der Waals surface area contributed by atoms with E-state index in [1.165, 1.54) is 18.4 Å². The number of aromatic nitrogens is 1. The zero-order valence-corrected chi connectivity index (χ0v) is 24.5. The highest BCUT2D eigenvalue weighted by molar-refractivity contribution is 7.22. The number of morpholine rings is 1. The molecule has 232 valence electrons. The summed E-state index contributed by atoms with van der Waals surface area (Å²) in [4.78, 5) is 34.7. The summed E-state index contributed by atoms with van der Waals surface area (Å²) < 4.78 is 63.8. The molecule has 9 rings (SSSR count). The van der Waals surface area contributed by atoms with E-state index in [-0.39, 0.29) is 46.1 Å². The van der Waals surface area contributed by atoms with Crippen molar-refractivity contribution in [3.05, 3.63) is 35.4 Å². The number of rotatable bonds is 6. The average molecular weight is 631 g/mol. The van der Waals surface area contributed by atoms with Crippen LogP contribution in [0.1, 0.15) is 65.7 Å². The molecule has 14 heteroatoms. The Morgan fingerprint density at radius 3 is 2.34 bits per heavy atom. The van der Waals surface area contributed by atoms with Crippen molar-refractivity contribution in [1.29, 1.82) is 0 Å². The maximum Gasteiger partial charge on any atom is 0.586 e. The number of alkyl halides is 3. The lowest BCUT2D eigenvalue weighted by Gasteiger charge is -2.52. The van der Waals surface area contributed by atoms with Gasteiger partial charge in [-0.15, -0.1) is 8.78 Å². The van der Waals surface area contributed by atoms with Crippen molar-refractivity contribution in [3.8, 4) is 17.2 Å². The van der Waals surface area contributed by atoms with E-state index in [2.05, 4.69) is 25.0 Å². The summed E-state index contributed by atoms with van der Waals surface area (Å²) in [6.45, 7) is 1.24. The number of thiazole rings is 1. The SMILES string of the molecule is COc1ccc2nc(N3C4COCC3C4)sc2c1C(=O)Nc1cc2c(cc1C(=O)NC13CCC(F)(CC1)CC3)OC(F)(F)O2. The number of amides is 2. The van der Waals surface area contributed by atoms with E-state index >= 15 is 0 Å². The fourth-order valence-electron chi connectivity index (χ4n) is 7.22. The molecular weight excluding hydrogens is 601 g/mol. The number of fused-ring (bicyclic) bond motifs is 7. The molecule has 5 fully saturated rings. The number of hydrogen-bond donors (Lipinski definition) is 2. The van der Waals surface area contributed by atoms with Crippen molar-refractivity contribution < 1.29 is 41.7 Å². The molecule has 2 amide bonds. The molecule has 4 bridgehead atoms. The summed E-state index contributed by atoms with van der Waals surface area (Å²) in [5.41, 5.74) is -1.14. The summed E-state index contributed by atoms with van der Waals surface area (Å²) in [6, 6.07) is 6.17. The van der Waals surface area contributed by atoms with Crippen molar-refractivity contribution in [1.82, 2.24) is 10.3 Å². The number of ether oxygens (including phenoxy) is 4. The molecule has 6 aliphatic rings. The number of nitrogens with zero attached hydrogens (tertiary/aromatic N) is 2. The first kappa shape index (κ1) is 27.7. The Hall–Kier alpha value is -3.78. The number of carbonyl (C=O) groups is 2. The van der Waals surface area contributed by atoms with E-state index in [0.29, 0.717) is 62.0 Å². The zero-order valence-electron chi connectivity index (χ0n) is 23.7. The summed E-state index contributed by atoms with van der Waals surface area (Å²) in [7, 11) is 1.44. The van der Waals surface area contributed by atoms with Crippen LogP contribution in [0, 0.1) is 0 Å². The van der Waals surface area contributed by atoms with Gasteiger partial charge in [-0.1, -0.05) is 11.3 Å². The number of anilines is 2. The Balaban J connectivity index is 1.14. The Morgan fingerprint density at radius 2 is 1.68 bits per heavy atom. The number of benzene rings is 2. The van der Waals surface area contributed by atoms with Crippen molar-refractivity contribution >= 4 is 44.2 Å². The first-order valence-electron chi connectivity index (χ1n) is 14.6. The van der Waals surface area contributed by atoms with Gasteiger partial charge in [-0.25, -0.2) is 9.37 Å². The third-order valence-electron chi connectivity index (χ3n) is 9.70. The van der Waals surface area contributed by atoms with Crippen LogP contribution in [0.4, 0.5) is 24.0 Å². The maximum absolute atomic E-state index is 14.8. The predicted molar refractivity (Wildman–Crippen MR) is 154 cm³/mol. The topological polar surface area (TPSA) is 111 Å². The van der Waals surface area contributed by atoms with Gasteiger partial charge < -0.3 is 34.5 Å². The smallest absolute Gasteiger partial charge is 0.496 e. The van der Waals surface area contributed by atoms with Gasteiger partial charge in [0.05, 0.1) is 53.9 Å². The number of halogens is 3. The lowest BCUT2D eigenvalue weighted by atomic mass is 9.64. The molecule has 4 heterocycles. The predicted octanol–water partition coefficient (Wildman–Crippen LogP) is 5.40. The van der Waals surface area contributed by atoms with E-state index in [1.54, 1.807) is 12.1 Å². The van der Waals surface area contributed by atoms with E-state index in [0.717, 1.165) is 23.7 Å². The van der Waals surface area contributed by atoms with Gasteiger partial charge >= 0.3 is 6.29 Å². The molecule has 0 spiro atoms. The summed E-state index contributed by atoms with van der Waals surface area (Å²) in [5.74, 6) is -1.58. The third-order valence-corrected chi connectivity index (χ3v) is 10.8. The van der Waals surface area contributed by atoms with Gasteiger partial charge in [-0.05, 0) is 63.1 Å². The molecule has 3 saturated carbocycles. The van der Waals surface area contributed by atoms with Crippen molar-refractivity contribution in [2.45, 2.75) is 74.5 Å². The molecule has 44 heavy (non-hydrogen) atoms. The molecule has 2 N–H and O–H groups in total. The summed E-state index contributed by atoms with van der Waals surface area (Å²) in [5, 5.41) is 6.55. The maximum atomic E-state index is 14.8. The van der Waals surface area contributed by atoms with E-state index < -0.39 is 29.3 Å². The Bertz CT molecular complexity index is 1680. The molecule has 2 aromatic carbocycles. The molecular formula is C30H29F3N4O6S. The second kappa shape index (κ2) is 9.61. The van der Waals surface area contributed by atoms with E-state index in [1.807, 2.05) is 0 Å². The fraction of sp³-hybridized carbons (Fsp3) is 0.500. The third kappa shape index (κ3) is 4.44. The minimum absolute atomic E-state index is 0.0476. The molecule has 0 radical (unpaired) electrons. The molecule has 2 unspecified atom stereocenters. The lowest BCUT2D eigenvalue weighted by molar-refractivity contribution is -0.286. The number of hydrogen-bond acceptors (Lipinski definition) is 9. The van der Waals surface area contributed by atoms with Crippen LogP contribution >= 0.6 is 11.3 Å². The Labute approximate surface area is 253 Å². The second-order valence-electron chi connectivity index (χ2n) is 12.3. The van der Waals surface area contributed by atoms with Crippen molar-refractivity contribution in [3.63, 3.8) is 0 Å². The monoisotopic (exact) mass is 630 g/mol. The summed E-state index contributed by atoms with van der Waals surface area (Å²) in [6.07, 6.45) is -0.463. The van der Waals surface area contributed by atoms with Gasteiger partial charge in [-0.2, -0.15) is 0 Å². The average Bonchev–Trinajstić information content (AvgIpc) is 3.55. The minimum atomic E-state index is -3.93. The van der Waals surface area contributed by atoms with Crippen LogP contribution in [0.5, 0.6) is 17.2 Å². The number of methoxy groups -OCH3 is 1. The summed E-state index contributed by atoms with van der Waals surface area (Å²) >= 11 is 1.36. The second-order valence-corrected chi connectivity index (χ2v) is 13.3. The Kier molecular flexibility index (Phi) is 6.06. The van der Waals surface area contributed by atoms with Crippen LogP contribution in [0.2, 0.25) is 0 Å². The highest BCUT2D eigenvalue weighted by Gasteiger charge is 2.50. The molecule has 3 aliphatic carbocycles. The van der Waals surface area contributed by atoms with Gasteiger partial charge in [0.25, 0.3) is 11.8 Å². The van der Waals surface area contributed by atoms with Crippen LogP contribution in [0.15, 0.2) is 24.3 Å². The van der Waals surface area contributed by atoms with Gasteiger partial charge in [0, 0.05) is 11.6 Å².